The first-order valence-electron chi connectivity index (χ1n) is 8.85. The van der Waals surface area contributed by atoms with Crippen LogP contribution in [0.4, 0.5) is 11.4 Å². The number of hydrogen-bond donors (Lipinski definition) is 1. The highest BCUT2D eigenvalue weighted by Crippen LogP contribution is 2.20. The van der Waals surface area contributed by atoms with Gasteiger partial charge in [-0.15, -0.1) is 0 Å². The summed E-state index contributed by atoms with van der Waals surface area (Å²) in [6.45, 7) is 4.60. The lowest BCUT2D eigenvalue weighted by atomic mass is 10.1. The minimum Gasteiger partial charge on any atom is -0.354 e. The average molecular weight is 380 g/mol. The van der Waals surface area contributed by atoms with Crippen LogP contribution in [-0.4, -0.2) is 21.8 Å². The molecule has 0 bridgehead atoms. The molecule has 0 aliphatic carbocycles. The van der Waals surface area contributed by atoms with Crippen LogP contribution in [0.3, 0.4) is 0 Å². The van der Waals surface area contributed by atoms with Gasteiger partial charge in [0.2, 0.25) is 0 Å². The van der Waals surface area contributed by atoms with Gasteiger partial charge in [0.15, 0.2) is 0 Å². The van der Waals surface area contributed by atoms with E-state index >= 15 is 0 Å². The molecule has 2 aromatic carbocycles. The summed E-state index contributed by atoms with van der Waals surface area (Å²) in [4.78, 5) is 19.2. The molecule has 138 valence electrons. The first kappa shape index (κ1) is 18.9. The van der Waals surface area contributed by atoms with Gasteiger partial charge >= 0.3 is 0 Å². The van der Waals surface area contributed by atoms with Crippen LogP contribution >= 0.6 is 11.6 Å². The molecule has 0 saturated heterocycles. The van der Waals surface area contributed by atoms with Gasteiger partial charge in [-0.1, -0.05) is 41.9 Å². The fourth-order valence-corrected chi connectivity index (χ4v) is 2.89. The molecular formula is C22H22ClN3O. The zero-order valence-electron chi connectivity index (χ0n) is 15.4. The van der Waals surface area contributed by atoms with Gasteiger partial charge < -0.3 is 10.2 Å². The van der Waals surface area contributed by atoms with Crippen LogP contribution in [0.15, 0.2) is 73.1 Å². The molecule has 0 spiro atoms. The van der Waals surface area contributed by atoms with E-state index in [9.17, 15) is 4.79 Å². The molecule has 0 fully saturated rings. The van der Waals surface area contributed by atoms with E-state index in [-0.39, 0.29) is 11.9 Å². The van der Waals surface area contributed by atoms with Crippen LogP contribution in [-0.2, 0) is 6.54 Å². The molecule has 1 heterocycles. The Labute approximate surface area is 164 Å². The minimum absolute atomic E-state index is 0.0406. The standard InChI is InChI=1S/C22H22ClN3O/c1-16(2)26(15-17-6-4-3-5-7-17)22(27)18-12-21(14-24-13-18)25-20-10-8-19(23)9-11-20/h3-14,16,25H,15H2,1-2H3. The van der Waals surface area contributed by atoms with Gasteiger partial charge in [0.05, 0.1) is 17.4 Å². The number of pyridine rings is 1. The van der Waals surface area contributed by atoms with Gasteiger partial charge in [-0.25, -0.2) is 0 Å². The largest absolute Gasteiger partial charge is 0.354 e. The number of aromatic nitrogens is 1. The molecule has 0 radical (unpaired) electrons. The first-order chi connectivity index (χ1) is 13.0. The predicted octanol–water partition coefficient (Wildman–Crippen LogP) is 5.53. The maximum Gasteiger partial charge on any atom is 0.256 e. The average Bonchev–Trinajstić information content (AvgIpc) is 2.68. The van der Waals surface area contributed by atoms with Gasteiger partial charge in [0.25, 0.3) is 5.91 Å². The van der Waals surface area contributed by atoms with Crippen molar-refractivity contribution in [3.63, 3.8) is 0 Å². The molecule has 4 nitrogen and oxygen atoms in total. The summed E-state index contributed by atoms with van der Waals surface area (Å²) in [5.74, 6) is -0.0406. The van der Waals surface area contributed by atoms with Crippen LogP contribution < -0.4 is 5.32 Å². The van der Waals surface area contributed by atoms with Crippen molar-refractivity contribution in [1.82, 2.24) is 9.88 Å². The summed E-state index contributed by atoms with van der Waals surface area (Å²) in [7, 11) is 0. The molecule has 0 atom stereocenters. The van der Waals surface area contributed by atoms with Gasteiger partial charge in [0, 0.05) is 29.5 Å². The third-order valence-electron chi connectivity index (χ3n) is 4.20. The Bertz CT molecular complexity index is 895. The number of carbonyl (C=O) groups is 1. The van der Waals surface area contributed by atoms with Crippen molar-refractivity contribution in [3.05, 3.63) is 89.2 Å². The van der Waals surface area contributed by atoms with E-state index in [0.29, 0.717) is 17.1 Å². The Morgan fingerprint density at radius 3 is 2.41 bits per heavy atom. The van der Waals surface area contributed by atoms with Crippen LogP contribution in [0.5, 0.6) is 0 Å². The van der Waals surface area contributed by atoms with Crippen LogP contribution in [0.25, 0.3) is 0 Å². The SMILES string of the molecule is CC(C)N(Cc1ccccc1)C(=O)c1cncc(Nc2ccc(Cl)cc2)c1. The summed E-state index contributed by atoms with van der Waals surface area (Å²) in [6.07, 6.45) is 3.30. The Morgan fingerprint density at radius 1 is 1.04 bits per heavy atom. The van der Waals surface area contributed by atoms with E-state index in [4.69, 9.17) is 11.6 Å². The normalized spacial score (nSPS) is 10.7. The summed E-state index contributed by atoms with van der Waals surface area (Å²) in [5, 5.41) is 3.93. The van der Waals surface area contributed by atoms with Crippen LogP contribution in [0.2, 0.25) is 5.02 Å². The molecule has 1 aromatic heterocycles. The van der Waals surface area contributed by atoms with E-state index in [0.717, 1.165) is 16.9 Å². The molecule has 0 unspecified atom stereocenters. The van der Waals surface area contributed by atoms with Crippen molar-refractivity contribution in [2.45, 2.75) is 26.4 Å². The molecule has 5 heteroatoms. The van der Waals surface area contributed by atoms with E-state index in [2.05, 4.69) is 10.3 Å². The van der Waals surface area contributed by atoms with Crippen LogP contribution in [0, 0.1) is 0 Å². The molecule has 1 N–H and O–H groups in total. The number of hydrogen-bond acceptors (Lipinski definition) is 3. The lowest BCUT2D eigenvalue weighted by Gasteiger charge is -2.27. The third-order valence-corrected chi connectivity index (χ3v) is 4.45. The molecule has 3 rings (SSSR count). The predicted molar refractivity (Wildman–Crippen MR) is 110 cm³/mol. The fraction of sp³-hybridized carbons (Fsp3) is 0.182. The van der Waals surface area contributed by atoms with Crippen molar-refractivity contribution < 1.29 is 4.79 Å². The quantitative estimate of drug-likeness (QED) is 0.612. The number of amides is 1. The number of carbonyl (C=O) groups excluding carboxylic acids is 1. The lowest BCUT2D eigenvalue weighted by Crippen LogP contribution is -2.36. The van der Waals surface area contributed by atoms with Gasteiger partial charge in [-0.2, -0.15) is 0 Å². The number of halogens is 1. The van der Waals surface area contributed by atoms with Gasteiger partial charge in [-0.3, -0.25) is 9.78 Å². The fourth-order valence-electron chi connectivity index (χ4n) is 2.76. The summed E-state index contributed by atoms with van der Waals surface area (Å²) < 4.78 is 0. The molecule has 27 heavy (non-hydrogen) atoms. The highest BCUT2D eigenvalue weighted by Gasteiger charge is 2.19. The van der Waals surface area contributed by atoms with Crippen LogP contribution in [0.1, 0.15) is 29.8 Å². The van der Waals surface area contributed by atoms with E-state index in [1.807, 2.05) is 79.4 Å². The second kappa shape index (κ2) is 8.69. The van der Waals surface area contributed by atoms with E-state index in [1.165, 1.54) is 0 Å². The van der Waals surface area contributed by atoms with Crippen molar-refractivity contribution in [1.29, 1.82) is 0 Å². The number of benzene rings is 2. The topological polar surface area (TPSA) is 45.2 Å². The van der Waals surface area contributed by atoms with Gasteiger partial charge in [-0.05, 0) is 49.7 Å². The van der Waals surface area contributed by atoms with Crippen molar-refractivity contribution in [2.75, 3.05) is 5.32 Å². The molecule has 0 saturated carbocycles. The number of nitrogens with zero attached hydrogens (tertiary/aromatic N) is 2. The molecular weight excluding hydrogens is 358 g/mol. The van der Waals surface area contributed by atoms with Crippen molar-refractivity contribution in [2.24, 2.45) is 0 Å². The summed E-state index contributed by atoms with van der Waals surface area (Å²) in [5.41, 5.74) is 3.30. The third kappa shape index (κ3) is 5.08. The molecule has 0 aliphatic rings. The Morgan fingerprint density at radius 2 is 1.74 bits per heavy atom. The Balaban J connectivity index is 1.79. The maximum absolute atomic E-state index is 13.1. The maximum atomic E-state index is 13.1. The zero-order chi connectivity index (χ0) is 19.2. The van der Waals surface area contributed by atoms with Gasteiger partial charge in [0.1, 0.15) is 0 Å². The molecule has 3 aromatic rings. The number of nitrogens with one attached hydrogen (secondary N) is 1. The first-order valence-corrected chi connectivity index (χ1v) is 9.23. The molecule has 0 aliphatic heterocycles. The smallest absolute Gasteiger partial charge is 0.256 e. The Kier molecular flexibility index (Phi) is 6.09. The number of anilines is 2. The number of rotatable bonds is 6. The highest BCUT2D eigenvalue weighted by molar-refractivity contribution is 6.30. The summed E-state index contributed by atoms with van der Waals surface area (Å²) >= 11 is 5.92. The summed E-state index contributed by atoms with van der Waals surface area (Å²) in [6, 6.07) is 19.3. The minimum atomic E-state index is -0.0406. The van der Waals surface area contributed by atoms with E-state index < -0.39 is 0 Å². The van der Waals surface area contributed by atoms with Crippen molar-refractivity contribution in [3.8, 4) is 0 Å². The zero-order valence-corrected chi connectivity index (χ0v) is 16.1. The second-order valence-electron chi connectivity index (χ2n) is 6.61. The lowest BCUT2D eigenvalue weighted by molar-refractivity contribution is 0.0690. The van der Waals surface area contributed by atoms with Crippen molar-refractivity contribution >= 4 is 28.9 Å². The highest BCUT2D eigenvalue weighted by atomic mass is 35.5. The molecule has 1 amide bonds. The van der Waals surface area contributed by atoms with E-state index in [1.54, 1.807) is 12.4 Å². The Hall–Kier alpha value is -2.85. The second-order valence-corrected chi connectivity index (χ2v) is 7.04. The monoisotopic (exact) mass is 379 g/mol.